The lowest BCUT2D eigenvalue weighted by Gasteiger charge is -2.36. The predicted octanol–water partition coefficient (Wildman–Crippen LogP) is 4.76. The van der Waals surface area contributed by atoms with Crippen LogP contribution in [0.15, 0.2) is 84.9 Å². The first-order valence-corrected chi connectivity index (χ1v) is 10.3. The Bertz CT molecular complexity index is 871. The van der Waals surface area contributed by atoms with Crippen molar-refractivity contribution in [3.05, 3.63) is 84.9 Å². The lowest BCUT2D eigenvalue weighted by Crippen LogP contribution is -2.49. The zero-order chi connectivity index (χ0) is 19.9. The third-order valence-electron chi connectivity index (χ3n) is 5.37. The summed E-state index contributed by atoms with van der Waals surface area (Å²) in [5, 5.41) is 10.4. The van der Waals surface area contributed by atoms with Crippen LogP contribution in [0.3, 0.4) is 0 Å². The van der Waals surface area contributed by atoms with Crippen LogP contribution in [0.4, 0.5) is 5.69 Å². The van der Waals surface area contributed by atoms with E-state index in [-0.39, 0.29) is 24.8 Å². The molecule has 0 aliphatic carbocycles. The summed E-state index contributed by atoms with van der Waals surface area (Å²) in [5.41, 5.74) is 3.62. The summed E-state index contributed by atoms with van der Waals surface area (Å²) in [4.78, 5) is 4.71. The van der Waals surface area contributed by atoms with E-state index in [2.05, 4.69) is 58.3 Å². The number of rotatable bonds is 7. The van der Waals surface area contributed by atoms with Crippen LogP contribution in [0.5, 0.6) is 5.75 Å². The molecule has 166 valence electrons. The number of ether oxygens (including phenoxy) is 1. The number of para-hydroxylation sites is 1. The van der Waals surface area contributed by atoms with Crippen molar-refractivity contribution in [1.29, 1.82) is 0 Å². The van der Waals surface area contributed by atoms with E-state index >= 15 is 0 Å². The van der Waals surface area contributed by atoms with Gasteiger partial charge in [-0.05, 0) is 35.4 Å². The van der Waals surface area contributed by atoms with Crippen LogP contribution in [0.2, 0.25) is 0 Å². The number of hydrogen-bond acceptors (Lipinski definition) is 4. The molecule has 3 aromatic carbocycles. The molecule has 1 fully saturated rings. The highest BCUT2D eigenvalue weighted by Crippen LogP contribution is 2.22. The highest BCUT2D eigenvalue weighted by atomic mass is 35.5. The fraction of sp³-hybridized carbons (Fsp3) is 0.280. The lowest BCUT2D eigenvalue weighted by atomic mass is 10.1. The van der Waals surface area contributed by atoms with E-state index in [9.17, 15) is 5.11 Å². The van der Waals surface area contributed by atoms with Gasteiger partial charge in [-0.3, -0.25) is 4.90 Å². The Labute approximate surface area is 197 Å². The highest BCUT2D eigenvalue weighted by molar-refractivity contribution is 5.85. The van der Waals surface area contributed by atoms with E-state index in [0.717, 1.165) is 37.5 Å². The van der Waals surface area contributed by atoms with Crippen LogP contribution in [0, 0.1) is 0 Å². The molecule has 1 saturated heterocycles. The molecule has 0 aromatic heterocycles. The van der Waals surface area contributed by atoms with Gasteiger partial charge in [0.1, 0.15) is 18.5 Å². The molecule has 0 radical (unpaired) electrons. The third-order valence-corrected chi connectivity index (χ3v) is 5.37. The van der Waals surface area contributed by atoms with Gasteiger partial charge in [0.15, 0.2) is 0 Å². The molecule has 1 atom stereocenters. The van der Waals surface area contributed by atoms with Crippen LogP contribution in [-0.4, -0.2) is 55.4 Å². The molecular formula is C25H30Cl2N2O2. The molecule has 31 heavy (non-hydrogen) atoms. The minimum absolute atomic E-state index is 0. The number of anilines is 1. The summed E-state index contributed by atoms with van der Waals surface area (Å²) in [7, 11) is 0. The van der Waals surface area contributed by atoms with Crippen LogP contribution in [0.25, 0.3) is 11.1 Å². The van der Waals surface area contributed by atoms with E-state index in [1.807, 2.05) is 36.4 Å². The Morgan fingerprint density at radius 3 is 1.87 bits per heavy atom. The summed E-state index contributed by atoms with van der Waals surface area (Å²) in [6.07, 6.45) is -0.493. The van der Waals surface area contributed by atoms with Gasteiger partial charge in [0, 0.05) is 38.4 Å². The standard InChI is InChI=1S/C25H28N2O2.2ClH/c28-24(19-26-15-17-27(18-16-26)23-9-5-2-6-10-23)20-29-25-13-11-22(12-14-25)21-7-3-1-4-8-21;;/h1-14,24,28H,15-20H2;2*1H. The van der Waals surface area contributed by atoms with Crippen molar-refractivity contribution in [3.8, 4) is 16.9 Å². The number of halogens is 2. The molecule has 0 spiro atoms. The molecule has 1 aliphatic rings. The lowest BCUT2D eigenvalue weighted by molar-refractivity contribution is 0.0663. The molecule has 1 heterocycles. The number of aliphatic hydroxyl groups excluding tert-OH is 1. The SMILES string of the molecule is Cl.Cl.OC(COc1ccc(-c2ccccc2)cc1)CN1CCN(c2ccccc2)CC1. The average Bonchev–Trinajstić information content (AvgIpc) is 2.80. The van der Waals surface area contributed by atoms with Crippen molar-refractivity contribution in [2.45, 2.75) is 6.10 Å². The predicted molar refractivity (Wildman–Crippen MR) is 133 cm³/mol. The maximum absolute atomic E-state index is 10.4. The molecule has 4 rings (SSSR count). The van der Waals surface area contributed by atoms with Gasteiger partial charge in [0.05, 0.1) is 0 Å². The number of piperazine rings is 1. The van der Waals surface area contributed by atoms with E-state index in [4.69, 9.17) is 4.74 Å². The van der Waals surface area contributed by atoms with Crippen molar-refractivity contribution in [1.82, 2.24) is 4.90 Å². The molecule has 1 aliphatic heterocycles. The first-order chi connectivity index (χ1) is 14.3. The summed E-state index contributed by atoms with van der Waals surface area (Å²) < 4.78 is 5.80. The smallest absolute Gasteiger partial charge is 0.119 e. The van der Waals surface area contributed by atoms with Gasteiger partial charge in [-0.25, -0.2) is 0 Å². The topological polar surface area (TPSA) is 35.9 Å². The molecule has 4 nitrogen and oxygen atoms in total. The Balaban J connectivity index is 0.00000171. The van der Waals surface area contributed by atoms with Gasteiger partial charge in [0.2, 0.25) is 0 Å². The Morgan fingerprint density at radius 1 is 0.710 bits per heavy atom. The van der Waals surface area contributed by atoms with Crippen molar-refractivity contribution >= 4 is 30.5 Å². The first kappa shape index (κ1) is 25.0. The molecule has 0 saturated carbocycles. The number of nitrogens with zero attached hydrogens (tertiary/aromatic N) is 2. The zero-order valence-corrected chi connectivity index (χ0v) is 19.1. The number of benzene rings is 3. The Kier molecular flexibility index (Phi) is 10.2. The average molecular weight is 461 g/mol. The van der Waals surface area contributed by atoms with Crippen LogP contribution in [-0.2, 0) is 0 Å². The van der Waals surface area contributed by atoms with Crippen molar-refractivity contribution in [3.63, 3.8) is 0 Å². The Morgan fingerprint density at radius 2 is 1.26 bits per heavy atom. The summed E-state index contributed by atoms with van der Waals surface area (Å²) >= 11 is 0. The van der Waals surface area contributed by atoms with Crippen molar-refractivity contribution in [2.75, 3.05) is 44.2 Å². The van der Waals surface area contributed by atoms with Crippen molar-refractivity contribution < 1.29 is 9.84 Å². The monoisotopic (exact) mass is 460 g/mol. The summed E-state index contributed by atoms with van der Waals surface area (Å²) in [6, 6.07) is 28.8. The highest BCUT2D eigenvalue weighted by Gasteiger charge is 2.19. The van der Waals surface area contributed by atoms with Gasteiger partial charge < -0.3 is 14.7 Å². The Hall–Kier alpha value is -2.24. The number of β-amino-alcohol motifs (C(OH)–C–C–N with tert-alkyl or cyclic N) is 1. The fourth-order valence-electron chi connectivity index (χ4n) is 3.74. The molecule has 1 N–H and O–H groups in total. The second-order valence-electron chi connectivity index (χ2n) is 7.48. The van der Waals surface area contributed by atoms with E-state index < -0.39 is 6.10 Å². The molecule has 0 amide bonds. The van der Waals surface area contributed by atoms with E-state index in [1.54, 1.807) is 0 Å². The quantitative estimate of drug-likeness (QED) is 0.551. The molecule has 0 bridgehead atoms. The number of aliphatic hydroxyl groups is 1. The summed E-state index contributed by atoms with van der Waals surface area (Å²) in [6.45, 7) is 4.83. The second kappa shape index (κ2) is 12.6. The molecular weight excluding hydrogens is 431 g/mol. The van der Waals surface area contributed by atoms with E-state index in [0.29, 0.717) is 13.2 Å². The van der Waals surface area contributed by atoms with Crippen molar-refractivity contribution in [2.24, 2.45) is 0 Å². The minimum atomic E-state index is -0.493. The zero-order valence-electron chi connectivity index (χ0n) is 17.5. The molecule has 1 unspecified atom stereocenters. The molecule has 6 heteroatoms. The third kappa shape index (κ3) is 7.15. The van der Waals surface area contributed by atoms with Gasteiger partial charge in [-0.15, -0.1) is 24.8 Å². The van der Waals surface area contributed by atoms with Gasteiger partial charge in [-0.2, -0.15) is 0 Å². The number of hydrogen-bond donors (Lipinski definition) is 1. The van der Waals surface area contributed by atoms with Gasteiger partial charge in [0.25, 0.3) is 0 Å². The van der Waals surface area contributed by atoms with Crippen LogP contribution in [0.1, 0.15) is 0 Å². The maximum Gasteiger partial charge on any atom is 0.119 e. The maximum atomic E-state index is 10.4. The minimum Gasteiger partial charge on any atom is -0.491 e. The van der Waals surface area contributed by atoms with Crippen LogP contribution >= 0.6 is 24.8 Å². The molecule has 3 aromatic rings. The first-order valence-electron chi connectivity index (χ1n) is 10.3. The van der Waals surface area contributed by atoms with Crippen LogP contribution < -0.4 is 9.64 Å². The normalized spacial score (nSPS) is 14.8. The van der Waals surface area contributed by atoms with Gasteiger partial charge in [-0.1, -0.05) is 60.7 Å². The fourth-order valence-corrected chi connectivity index (χ4v) is 3.74. The largest absolute Gasteiger partial charge is 0.491 e. The second-order valence-corrected chi connectivity index (χ2v) is 7.48. The van der Waals surface area contributed by atoms with E-state index in [1.165, 1.54) is 11.3 Å². The van der Waals surface area contributed by atoms with Gasteiger partial charge >= 0.3 is 0 Å². The summed E-state index contributed by atoms with van der Waals surface area (Å²) in [5.74, 6) is 0.789.